The number of rotatable bonds is 7. The van der Waals surface area contributed by atoms with E-state index in [0.29, 0.717) is 31.3 Å². The lowest BCUT2D eigenvalue weighted by molar-refractivity contribution is -0.134. The van der Waals surface area contributed by atoms with Crippen LogP contribution in [0.1, 0.15) is 57.8 Å². The fourth-order valence-corrected chi connectivity index (χ4v) is 4.57. The van der Waals surface area contributed by atoms with E-state index in [9.17, 15) is 14.4 Å². The number of carbonyl (C=O) groups excluding carboxylic acids is 3. The molecule has 1 spiro atoms. The smallest absolute Gasteiger partial charge is 0.325 e. The van der Waals surface area contributed by atoms with Crippen LogP contribution in [0.25, 0.3) is 0 Å². The van der Waals surface area contributed by atoms with Crippen molar-refractivity contribution >= 4 is 17.8 Å². The maximum Gasteiger partial charge on any atom is 0.325 e. The molecule has 7 heteroatoms. The molecule has 1 N–H and O–H groups in total. The van der Waals surface area contributed by atoms with E-state index in [4.69, 9.17) is 4.74 Å². The molecule has 0 aromatic heterocycles. The zero-order chi connectivity index (χ0) is 18.1. The van der Waals surface area contributed by atoms with Crippen LogP contribution in [0.3, 0.4) is 0 Å². The van der Waals surface area contributed by atoms with E-state index in [0.717, 1.165) is 64.7 Å². The predicted octanol–water partition coefficient (Wildman–Crippen LogP) is 1.66. The van der Waals surface area contributed by atoms with Gasteiger partial charge in [0.05, 0.1) is 6.61 Å². The molecular weight excluding hydrogens is 334 g/mol. The highest BCUT2D eigenvalue weighted by atomic mass is 16.5. The predicted molar refractivity (Wildman–Crippen MR) is 94.3 cm³/mol. The summed E-state index contributed by atoms with van der Waals surface area (Å²) in [5.74, 6) is 0.518. The van der Waals surface area contributed by atoms with Crippen LogP contribution in [0.5, 0.6) is 0 Å². The number of urea groups is 1. The molecule has 7 nitrogen and oxygen atoms in total. The maximum atomic E-state index is 12.7. The van der Waals surface area contributed by atoms with Gasteiger partial charge in [0.1, 0.15) is 5.54 Å². The SMILES string of the molecule is O=C1NC2(CCCC2)C(=O)N1CCCC(=O)N(C[C@@H]1CCOC1)C1CC1. The monoisotopic (exact) mass is 363 g/mol. The first-order valence-electron chi connectivity index (χ1n) is 10.1. The summed E-state index contributed by atoms with van der Waals surface area (Å²) in [6.45, 7) is 2.67. The highest BCUT2D eigenvalue weighted by Crippen LogP contribution is 2.35. The summed E-state index contributed by atoms with van der Waals surface area (Å²) in [6.07, 6.45) is 7.61. The van der Waals surface area contributed by atoms with Crippen LogP contribution >= 0.6 is 0 Å². The molecule has 2 saturated carbocycles. The van der Waals surface area contributed by atoms with Crippen molar-refractivity contribution in [3.05, 3.63) is 0 Å². The van der Waals surface area contributed by atoms with Gasteiger partial charge in [-0.05, 0) is 38.5 Å². The van der Waals surface area contributed by atoms with Crippen LogP contribution in [-0.2, 0) is 14.3 Å². The normalized spacial score (nSPS) is 27.4. The van der Waals surface area contributed by atoms with Gasteiger partial charge in [0, 0.05) is 38.1 Å². The van der Waals surface area contributed by atoms with Gasteiger partial charge < -0.3 is 15.0 Å². The lowest BCUT2D eigenvalue weighted by Gasteiger charge is -2.25. The summed E-state index contributed by atoms with van der Waals surface area (Å²) >= 11 is 0. The summed E-state index contributed by atoms with van der Waals surface area (Å²) in [5.41, 5.74) is -0.649. The number of amides is 4. The average molecular weight is 363 g/mol. The quantitative estimate of drug-likeness (QED) is 0.698. The second-order valence-corrected chi connectivity index (χ2v) is 8.29. The number of nitrogens with one attached hydrogen (secondary N) is 1. The van der Waals surface area contributed by atoms with Crippen LogP contribution in [-0.4, -0.2) is 65.5 Å². The van der Waals surface area contributed by atoms with Crippen LogP contribution < -0.4 is 5.32 Å². The van der Waals surface area contributed by atoms with Crippen molar-refractivity contribution in [2.75, 3.05) is 26.3 Å². The third kappa shape index (κ3) is 3.46. The summed E-state index contributed by atoms with van der Waals surface area (Å²) in [7, 11) is 0. The van der Waals surface area contributed by atoms with Crippen molar-refractivity contribution < 1.29 is 19.1 Å². The van der Waals surface area contributed by atoms with Crippen molar-refractivity contribution in [2.45, 2.75) is 69.4 Å². The van der Waals surface area contributed by atoms with E-state index in [1.165, 1.54) is 4.90 Å². The lowest BCUT2D eigenvalue weighted by atomic mass is 9.98. The molecule has 0 aromatic rings. The van der Waals surface area contributed by atoms with Crippen molar-refractivity contribution in [2.24, 2.45) is 5.92 Å². The number of nitrogens with zero attached hydrogens (tertiary/aromatic N) is 2. The molecule has 4 rings (SSSR count). The summed E-state index contributed by atoms with van der Waals surface area (Å²) < 4.78 is 5.43. The molecular formula is C19H29N3O4. The molecule has 0 aromatic carbocycles. The topological polar surface area (TPSA) is 79.0 Å². The standard InChI is InChI=1S/C19H29N3O4/c23-16(22(15-5-6-15)12-14-7-11-26-13-14)4-3-10-21-17(24)19(20-18(21)25)8-1-2-9-19/h14-15H,1-13H2,(H,20,25)/t14-/m0/s1. The summed E-state index contributed by atoms with van der Waals surface area (Å²) in [5, 5.41) is 2.89. The zero-order valence-corrected chi connectivity index (χ0v) is 15.4. The Balaban J connectivity index is 1.27. The fraction of sp³-hybridized carbons (Fsp3) is 0.842. The molecule has 2 heterocycles. The second-order valence-electron chi connectivity index (χ2n) is 8.29. The fourth-order valence-electron chi connectivity index (χ4n) is 4.57. The van der Waals surface area contributed by atoms with E-state index in [-0.39, 0.29) is 17.8 Å². The number of hydrogen-bond donors (Lipinski definition) is 1. The lowest BCUT2D eigenvalue weighted by Crippen LogP contribution is -2.44. The van der Waals surface area contributed by atoms with Gasteiger partial charge in [-0.15, -0.1) is 0 Å². The van der Waals surface area contributed by atoms with Crippen molar-refractivity contribution in [1.82, 2.24) is 15.1 Å². The van der Waals surface area contributed by atoms with E-state index >= 15 is 0 Å². The third-order valence-corrected chi connectivity index (χ3v) is 6.26. The first-order chi connectivity index (χ1) is 12.6. The first kappa shape index (κ1) is 17.8. The van der Waals surface area contributed by atoms with Gasteiger partial charge in [0.2, 0.25) is 5.91 Å². The molecule has 0 radical (unpaired) electrons. The van der Waals surface area contributed by atoms with Crippen molar-refractivity contribution in [3.63, 3.8) is 0 Å². The Kier molecular flexibility index (Phi) is 4.90. The van der Waals surface area contributed by atoms with E-state index in [1.807, 2.05) is 4.90 Å². The van der Waals surface area contributed by atoms with Crippen molar-refractivity contribution in [3.8, 4) is 0 Å². The van der Waals surface area contributed by atoms with Crippen LogP contribution in [0.15, 0.2) is 0 Å². The Morgan fingerprint density at radius 3 is 2.65 bits per heavy atom. The Morgan fingerprint density at radius 1 is 1.23 bits per heavy atom. The van der Waals surface area contributed by atoms with Crippen LogP contribution in [0, 0.1) is 5.92 Å². The number of imide groups is 1. The van der Waals surface area contributed by atoms with Gasteiger partial charge in [0.15, 0.2) is 0 Å². The average Bonchev–Trinajstić information content (AvgIpc) is 3.04. The molecule has 2 aliphatic heterocycles. The zero-order valence-electron chi connectivity index (χ0n) is 15.4. The largest absolute Gasteiger partial charge is 0.381 e. The molecule has 0 unspecified atom stereocenters. The van der Waals surface area contributed by atoms with E-state index in [1.54, 1.807) is 0 Å². The minimum atomic E-state index is -0.649. The third-order valence-electron chi connectivity index (χ3n) is 6.26. The maximum absolute atomic E-state index is 12.7. The van der Waals surface area contributed by atoms with E-state index < -0.39 is 5.54 Å². The van der Waals surface area contributed by atoms with Crippen molar-refractivity contribution in [1.29, 1.82) is 0 Å². The Labute approximate surface area is 154 Å². The van der Waals surface area contributed by atoms with Crippen LogP contribution in [0.2, 0.25) is 0 Å². The molecule has 2 aliphatic carbocycles. The first-order valence-corrected chi connectivity index (χ1v) is 10.1. The number of carbonyl (C=O) groups is 3. The van der Waals surface area contributed by atoms with Gasteiger partial charge >= 0.3 is 6.03 Å². The summed E-state index contributed by atoms with van der Waals surface area (Å²) in [4.78, 5) is 40.8. The Morgan fingerprint density at radius 2 is 2.00 bits per heavy atom. The minimum Gasteiger partial charge on any atom is -0.381 e. The molecule has 0 bridgehead atoms. The van der Waals surface area contributed by atoms with Gasteiger partial charge in [-0.1, -0.05) is 12.8 Å². The Hall–Kier alpha value is -1.63. The molecule has 4 fully saturated rings. The van der Waals surface area contributed by atoms with Gasteiger partial charge in [0.25, 0.3) is 5.91 Å². The van der Waals surface area contributed by atoms with E-state index in [2.05, 4.69) is 5.32 Å². The van der Waals surface area contributed by atoms with Gasteiger partial charge in [-0.3, -0.25) is 14.5 Å². The number of hydrogen-bond acceptors (Lipinski definition) is 4. The molecule has 4 aliphatic rings. The van der Waals surface area contributed by atoms with Gasteiger partial charge in [-0.2, -0.15) is 0 Å². The molecule has 2 saturated heterocycles. The Bertz CT molecular complexity index is 577. The molecule has 4 amide bonds. The highest BCUT2D eigenvalue weighted by Gasteiger charge is 2.52. The number of ether oxygens (including phenoxy) is 1. The second kappa shape index (κ2) is 7.18. The van der Waals surface area contributed by atoms with Gasteiger partial charge in [-0.25, -0.2) is 4.79 Å². The molecule has 26 heavy (non-hydrogen) atoms. The van der Waals surface area contributed by atoms with Crippen LogP contribution in [0.4, 0.5) is 4.79 Å². The molecule has 144 valence electrons. The minimum absolute atomic E-state index is 0.0883. The summed E-state index contributed by atoms with van der Waals surface area (Å²) in [6, 6.07) is 0.105. The highest BCUT2D eigenvalue weighted by molar-refractivity contribution is 6.07. The molecule has 1 atom stereocenters.